The van der Waals surface area contributed by atoms with Crippen molar-refractivity contribution >= 4 is 23.4 Å². The number of fused-ring (bicyclic) bond motifs is 1. The first-order chi connectivity index (χ1) is 16.8. The first-order valence-corrected chi connectivity index (χ1v) is 12.6. The number of unbranched alkanes of at least 4 members (excludes halogenated alkanes) is 1. The normalized spacial score (nSPS) is 19.0. The average Bonchev–Trinajstić information content (AvgIpc) is 2.86. The molecule has 35 heavy (non-hydrogen) atoms. The standard InChI is InChI=1S/C26H40N4O5/c1-18(2)30(19(3)17-27)24(31)21-8-7-20-15-22(25(32)28-10-13-35-14-11-28)26(33)29(23(20)16-21)9-5-6-12-34-4/h7-8,16,18-19,22H,5-6,9-15,17,27H2,1-4H3/t19-,22?/m1/s1. The molecule has 0 aromatic heterocycles. The Kier molecular flexibility index (Phi) is 9.65. The van der Waals surface area contributed by atoms with Gasteiger partial charge < -0.3 is 29.9 Å². The lowest BCUT2D eigenvalue weighted by atomic mass is 9.89. The van der Waals surface area contributed by atoms with Gasteiger partial charge in [0.1, 0.15) is 5.92 Å². The van der Waals surface area contributed by atoms with Crippen LogP contribution in [0.2, 0.25) is 0 Å². The van der Waals surface area contributed by atoms with Crippen LogP contribution in [0.1, 0.15) is 49.5 Å². The molecule has 2 heterocycles. The molecule has 9 nitrogen and oxygen atoms in total. The molecule has 1 fully saturated rings. The molecule has 3 amide bonds. The van der Waals surface area contributed by atoms with Gasteiger partial charge in [0.2, 0.25) is 11.8 Å². The zero-order valence-electron chi connectivity index (χ0n) is 21.5. The van der Waals surface area contributed by atoms with Gasteiger partial charge >= 0.3 is 0 Å². The summed E-state index contributed by atoms with van der Waals surface area (Å²) >= 11 is 0. The van der Waals surface area contributed by atoms with Crippen LogP contribution in [0.5, 0.6) is 0 Å². The van der Waals surface area contributed by atoms with Crippen LogP contribution in [-0.4, -0.2) is 92.7 Å². The lowest BCUT2D eigenvalue weighted by molar-refractivity contribution is -0.144. The Labute approximate surface area is 208 Å². The molecule has 3 rings (SSSR count). The molecular formula is C26H40N4O5. The van der Waals surface area contributed by atoms with E-state index in [1.165, 1.54) is 0 Å². The number of anilines is 1. The lowest BCUT2D eigenvalue weighted by Crippen LogP contribution is -2.52. The van der Waals surface area contributed by atoms with Crippen molar-refractivity contribution in [1.82, 2.24) is 9.80 Å². The Morgan fingerprint density at radius 2 is 1.91 bits per heavy atom. The van der Waals surface area contributed by atoms with E-state index in [0.717, 1.165) is 18.4 Å². The van der Waals surface area contributed by atoms with Gasteiger partial charge in [0.05, 0.1) is 13.2 Å². The highest BCUT2D eigenvalue weighted by Crippen LogP contribution is 2.33. The summed E-state index contributed by atoms with van der Waals surface area (Å²) in [6.07, 6.45) is 1.87. The van der Waals surface area contributed by atoms with Gasteiger partial charge in [0, 0.05) is 63.2 Å². The summed E-state index contributed by atoms with van der Waals surface area (Å²) < 4.78 is 10.5. The van der Waals surface area contributed by atoms with E-state index in [1.54, 1.807) is 33.9 Å². The van der Waals surface area contributed by atoms with Gasteiger partial charge in [0.25, 0.3) is 5.91 Å². The molecular weight excluding hydrogens is 448 g/mol. The lowest BCUT2D eigenvalue weighted by Gasteiger charge is -2.37. The van der Waals surface area contributed by atoms with Crippen LogP contribution in [0, 0.1) is 5.92 Å². The van der Waals surface area contributed by atoms with E-state index in [9.17, 15) is 14.4 Å². The Morgan fingerprint density at radius 1 is 1.20 bits per heavy atom. The molecule has 2 aliphatic rings. The van der Waals surface area contributed by atoms with Gasteiger partial charge in [-0.15, -0.1) is 0 Å². The molecule has 0 radical (unpaired) electrons. The second-order valence-corrected chi connectivity index (χ2v) is 9.62. The molecule has 1 unspecified atom stereocenters. The Morgan fingerprint density at radius 3 is 2.54 bits per heavy atom. The monoisotopic (exact) mass is 488 g/mol. The highest BCUT2D eigenvalue weighted by Gasteiger charge is 2.40. The fraction of sp³-hybridized carbons (Fsp3) is 0.654. The maximum atomic E-state index is 13.6. The maximum Gasteiger partial charge on any atom is 0.254 e. The second kappa shape index (κ2) is 12.5. The topological polar surface area (TPSA) is 105 Å². The van der Waals surface area contributed by atoms with Crippen LogP contribution in [0.4, 0.5) is 5.69 Å². The zero-order chi connectivity index (χ0) is 25.5. The number of hydrogen-bond donors (Lipinski definition) is 1. The molecule has 0 saturated carbocycles. The number of rotatable bonds is 10. The van der Waals surface area contributed by atoms with Crippen molar-refractivity contribution in [3.8, 4) is 0 Å². The molecule has 2 aliphatic heterocycles. The van der Waals surface area contributed by atoms with Gasteiger partial charge in [-0.2, -0.15) is 0 Å². The van der Waals surface area contributed by atoms with Crippen LogP contribution >= 0.6 is 0 Å². The quantitative estimate of drug-likeness (QED) is 0.397. The number of nitrogens with zero attached hydrogens (tertiary/aromatic N) is 3. The van der Waals surface area contributed by atoms with Crippen molar-refractivity contribution in [3.63, 3.8) is 0 Å². The average molecular weight is 489 g/mol. The van der Waals surface area contributed by atoms with Crippen molar-refractivity contribution in [1.29, 1.82) is 0 Å². The molecule has 1 saturated heterocycles. The van der Waals surface area contributed by atoms with E-state index in [4.69, 9.17) is 15.2 Å². The van der Waals surface area contributed by atoms with Gasteiger partial charge in [-0.25, -0.2) is 0 Å². The summed E-state index contributed by atoms with van der Waals surface area (Å²) in [5, 5.41) is 0. The predicted octanol–water partition coefficient (Wildman–Crippen LogP) is 1.68. The molecule has 0 bridgehead atoms. The Bertz CT molecular complexity index is 900. The van der Waals surface area contributed by atoms with Gasteiger partial charge in [-0.1, -0.05) is 6.07 Å². The summed E-state index contributed by atoms with van der Waals surface area (Å²) in [5.74, 6) is -1.21. The van der Waals surface area contributed by atoms with E-state index in [1.807, 2.05) is 26.8 Å². The Hall–Kier alpha value is -2.49. The zero-order valence-corrected chi connectivity index (χ0v) is 21.5. The summed E-state index contributed by atoms with van der Waals surface area (Å²) in [7, 11) is 1.65. The third-order valence-electron chi connectivity index (χ3n) is 6.82. The van der Waals surface area contributed by atoms with Crippen LogP contribution < -0.4 is 10.6 Å². The Balaban J connectivity index is 1.92. The van der Waals surface area contributed by atoms with E-state index < -0.39 is 5.92 Å². The minimum Gasteiger partial charge on any atom is -0.385 e. The number of carbonyl (C=O) groups is 3. The first-order valence-electron chi connectivity index (χ1n) is 12.6. The molecule has 0 aliphatic carbocycles. The first kappa shape index (κ1) is 27.1. The molecule has 2 N–H and O–H groups in total. The number of amides is 3. The number of carbonyl (C=O) groups excluding carboxylic acids is 3. The minimum atomic E-state index is -0.756. The summed E-state index contributed by atoms with van der Waals surface area (Å²) in [6, 6.07) is 5.37. The van der Waals surface area contributed by atoms with Gasteiger partial charge in [0.15, 0.2) is 0 Å². The number of hydrogen-bond acceptors (Lipinski definition) is 6. The molecule has 9 heteroatoms. The highest BCUT2D eigenvalue weighted by atomic mass is 16.5. The molecule has 0 spiro atoms. The van der Waals surface area contributed by atoms with Gasteiger partial charge in [-0.3, -0.25) is 14.4 Å². The van der Waals surface area contributed by atoms with Crippen molar-refractivity contribution < 1.29 is 23.9 Å². The molecule has 194 valence electrons. The SMILES string of the molecule is COCCCCN1C(=O)C(C(=O)N2CCOCC2)Cc2ccc(C(=O)N(C(C)C)[C@H](C)CN)cc21. The largest absolute Gasteiger partial charge is 0.385 e. The molecule has 1 aromatic rings. The fourth-order valence-electron chi connectivity index (χ4n) is 4.89. The van der Waals surface area contributed by atoms with Crippen molar-refractivity contribution in [3.05, 3.63) is 29.3 Å². The van der Waals surface area contributed by atoms with Crippen LogP contribution in [-0.2, 0) is 25.5 Å². The number of nitrogens with two attached hydrogens (primary N) is 1. The fourth-order valence-corrected chi connectivity index (χ4v) is 4.89. The van der Waals surface area contributed by atoms with Crippen molar-refractivity contribution in [2.45, 2.75) is 52.1 Å². The van der Waals surface area contributed by atoms with Crippen molar-refractivity contribution in [2.24, 2.45) is 11.7 Å². The highest BCUT2D eigenvalue weighted by molar-refractivity contribution is 6.10. The van der Waals surface area contributed by atoms with E-state index in [-0.39, 0.29) is 29.8 Å². The maximum absolute atomic E-state index is 13.6. The summed E-state index contributed by atoms with van der Waals surface area (Å²) in [4.78, 5) is 45.5. The smallest absolute Gasteiger partial charge is 0.254 e. The summed E-state index contributed by atoms with van der Waals surface area (Å²) in [6.45, 7) is 9.28. The van der Waals surface area contributed by atoms with E-state index >= 15 is 0 Å². The second-order valence-electron chi connectivity index (χ2n) is 9.62. The number of ether oxygens (including phenoxy) is 2. The molecule has 1 aromatic carbocycles. The van der Waals surface area contributed by atoms with Gasteiger partial charge in [-0.05, 0) is 57.7 Å². The van der Waals surface area contributed by atoms with Crippen molar-refractivity contribution in [2.75, 3.05) is 58.0 Å². The summed E-state index contributed by atoms with van der Waals surface area (Å²) in [5.41, 5.74) is 8.00. The van der Waals surface area contributed by atoms with E-state index in [2.05, 4.69) is 0 Å². The number of benzene rings is 1. The third-order valence-corrected chi connectivity index (χ3v) is 6.82. The molecule has 2 atom stereocenters. The number of morpholine rings is 1. The van der Waals surface area contributed by atoms with Crippen LogP contribution in [0.15, 0.2) is 18.2 Å². The predicted molar refractivity (Wildman–Crippen MR) is 134 cm³/mol. The van der Waals surface area contributed by atoms with Crippen LogP contribution in [0.3, 0.4) is 0 Å². The van der Waals surface area contributed by atoms with E-state index in [0.29, 0.717) is 63.7 Å². The minimum absolute atomic E-state index is 0.0145. The van der Waals surface area contributed by atoms with Crippen LogP contribution in [0.25, 0.3) is 0 Å². The third kappa shape index (κ3) is 6.20. The number of methoxy groups -OCH3 is 1.